The molecule has 1 atom stereocenters. The average Bonchev–Trinajstić information content (AvgIpc) is 2.34. The first-order valence-corrected chi connectivity index (χ1v) is 6.19. The van der Waals surface area contributed by atoms with Crippen molar-refractivity contribution in [3.63, 3.8) is 0 Å². The van der Waals surface area contributed by atoms with Crippen LogP contribution in [0.15, 0.2) is 18.2 Å². The Kier molecular flexibility index (Phi) is 5.49. The van der Waals surface area contributed by atoms with E-state index in [1.54, 1.807) is 7.11 Å². The van der Waals surface area contributed by atoms with Gasteiger partial charge in [-0.1, -0.05) is 25.5 Å². The third-order valence-electron chi connectivity index (χ3n) is 2.97. The lowest BCUT2D eigenvalue weighted by Crippen LogP contribution is -2.18. The molecule has 4 nitrogen and oxygen atoms in total. The van der Waals surface area contributed by atoms with Gasteiger partial charge in [-0.15, -0.1) is 0 Å². The van der Waals surface area contributed by atoms with Gasteiger partial charge in [-0.3, -0.25) is 0 Å². The number of carbonyl (C=O) groups is 1. The second-order valence-corrected chi connectivity index (χ2v) is 4.24. The van der Waals surface area contributed by atoms with E-state index in [0.717, 1.165) is 36.1 Å². The predicted molar refractivity (Wildman–Crippen MR) is 70.7 cm³/mol. The number of nitrogens with two attached hydrogens (primary N) is 1. The standard InChI is InChI=1S/C14H21NO3/c1-4-5-8-13(18-14(15)16)11-7-6-9-12(17-3)10(11)2/h6-7,9,13H,4-5,8H2,1-3H3,(H2,15,16). The van der Waals surface area contributed by atoms with Gasteiger partial charge in [-0.2, -0.15) is 0 Å². The lowest BCUT2D eigenvalue weighted by molar-refractivity contribution is 0.0992. The molecule has 1 amide bonds. The molecule has 2 N–H and O–H groups in total. The summed E-state index contributed by atoms with van der Waals surface area (Å²) >= 11 is 0. The smallest absolute Gasteiger partial charge is 0.405 e. The highest BCUT2D eigenvalue weighted by atomic mass is 16.6. The number of ether oxygens (including phenoxy) is 2. The zero-order chi connectivity index (χ0) is 13.5. The van der Waals surface area contributed by atoms with Crippen molar-refractivity contribution >= 4 is 6.09 Å². The van der Waals surface area contributed by atoms with Crippen LogP contribution in [0.1, 0.15) is 43.4 Å². The molecule has 1 rings (SSSR count). The topological polar surface area (TPSA) is 61.5 Å². The average molecular weight is 251 g/mol. The monoisotopic (exact) mass is 251 g/mol. The molecule has 0 aliphatic heterocycles. The molecule has 0 aliphatic rings. The molecule has 0 saturated carbocycles. The van der Waals surface area contributed by atoms with Crippen LogP contribution in [-0.4, -0.2) is 13.2 Å². The molecule has 0 aromatic heterocycles. The molecular weight excluding hydrogens is 230 g/mol. The molecule has 4 heteroatoms. The summed E-state index contributed by atoms with van der Waals surface area (Å²) in [6.45, 7) is 4.05. The molecule has 1 aromatic carbocycles. The molecular formula is C14H21NO3. The van der Waals surface area contributed by atoms with Crippen LogP contribution in [0, 0.1) is 6.92 Å². The van der Waals surface area contributed by atoms with E-state index in [9.17, 15) is 4.79 Å². The van der Waals surface area contributed by atoms with Crippen LogP contribution >= 0.6 is 0 Å². The quantitative estimate of drug-likeness (QED) is 0.843. The van der Waals surface area contributed by atoms with Gasteiger partial charge in [0.25, 0.3) is 0 Å². The van der Waals surface area contributed by atoms with Gasteiger partial charge in [0.1, 0.15) is 11.9 Å². The van der Waals surface area contributed by atoms with E-state index in [0.29, 0.717) is 0 Å². The first-order chi connectivity index (χ1) is 8.60. The van der Waals surface area contributed by atoms with E-state index in [4.69, 9.17) is 15.2 Å². The summed E-state index contributed by atoms with van der Waals surface area (Å²) in [6.07, 6.45) is 1.76. The van der Waals surface area contributed by atoms with Gasteiger partial charge in [0, 0.05) is 0 Å². The Hall–Kier alpha value is -1.71. The van der Waals surface area contributed by atoms with Crippen LogP contribution in [0.3, 0.4) is 0 Å². The van der Waals surface area contributed by atoms with Crippen molar-refractivity contribution in [2.45, 2.75) is 39.2 Å². The van der Waals surface area contributed by atoms with Crippen molar-refractivity contribution in [1.29, 1.82) is 0 Å². The highest BCUT2D eigenvalue weighted by molar-refractivity contribution is 5.65. The van der Waals surface area contributed by atoms with Crippen LogP contribution < -0.4 is 10.5 Å². The molecule has 0 aliphatic carbocycles. The lowest BCUT2D eigenvalue weighted by atomic mass is 9.98. The fourth-order valence-electron chi connectivity index (χ4n) is 2.01. The highest BCUT2D eigenvalue weighted by Crippen LogP contribution is 2.31. The first-order valence-electron chi connectivity index (χ1n) is 6.19. The molecule has 0 spiro atoms. The Morgan fingerprint density at radius 2 is 2.17 bits per heavy atom. The number of amides is 1. The van der Waals surface area contributed by atoms with Crippen molar-refractivity contribution in [1.82, 2.24) is 0 Å². The van der Waals surface area contributed by atoms with Crippen molar-refractivity contribution < 1.29 is 14.3 Å². The fourth-order valence-corrected chi connectivity index (χ4v) is 2.01. The second-order valence-electron chi connectivity index (χ2n) is 4.24. The highest BCUT2D eigenvalue weighted by Gasteiger charge is 2.18. The third kappa shape index (κ3) is 3.65. The van der Waals surface area contributed by atoms with E-state index in [2.05, 4.69) is 6.92 Å². The number of unbranched alkanes of at least 4 members (excludes halogenated alkanes) is 1. The van der Waals surface area contributed by atoms with Gasteiger partial charge in [-0.25, -0.2) is 4.79 Å². The minimum atomic E-state index is -0.738. The van der Waals surface area contributed by atoms with Crippen LogP contribution in [0.2, 0.25) is 0 Å². The molecule has 0 bridgehead atoms. The van der Waals surface area contributed by atoms with Crippen LogP contribution in [-0.2, 0) is 4.74 Å². The number of methoxy groups -OCH3 is 1. The van der Waals surface area contributed by atoms with E-state index in [-0.39, 0.29) is 6.10 Å². The summed E-state index contributed by atoms with van der Waals surface area (Å²) in [5.41, 5.74) is 7.08. The van der Waals surface area contributed by atoms with E-state index in [1.807, 2.05) is 25.1 Å². The SMILES string of the molecule is CCCCC(OC(N)=O)c1cccc(OC)c1C. The van der Waals surface area contributed by atoms with Gasteiger partial charge in [0.05, 0.1) is 7.11 Å². The van der Waals surface area contributed by atoms with E-state index >= 15 is 0 Å². The third-order valence-corrected chi connectivity index (χ3v) is 2.97. The summed E-state index contributed by atoms with van der Waals surface area (Å²) < 4.78 is 10.5. The molecule has 18 heavy (non-hydrogen) atoms. The largest absolute Gasteiger partial charge is 0.496 e. The zero-order valence-corrected chi connectivity index (χ0v) is 11.2. The number of rotatable bonds is 6. The number of primary amides is 1. The minimum Gasteiger partial charge on any atom is -0.496 e. The number of hydrogen-bond acceptors (Lipinski definition) is 3. The molecule has 1 aromatic rings. The number of benzene rings is 1. The maximum Gasteiger partial charge on any atom is 0.405 e. The Labute approximate surface area is 108 Å². The van der Waals surface area contributed by atoms with Crippen LogP contribution in [0.25, 0.3) is 0 Å². The van der Waals surface area contributed by atoms with E-state index in [1.165, 1.54) is 0 Å². The molecule has 0 heterocycles. The number of hydrogen-bond donors (Lipinski definition) is 1. The molecule has 0 radical (unpaired) electrons. The molecule has 1 unspecified atom stereocenters. The van der Waals surface area contributed by atoms with Gasteiger partial charge < -0.3 is 15.2 Å². The minimum absolute atomic E-state index is 0.294. The zero-order valence-electron chi connectivity index (χ0n) is 11.2. The van der Waals surface area contributed by atoms with Gasteiger partial charge in [0.15, 0.2) is 0 Å². The summed E-state index contributed by atoms with van der Waals surface area (Å²) in [5, 5.41) is 0. The van der Waals surface area contributed by atoms with Crippen molar-refractivity contribution in [3.8, 4) is 5.75 Å². The fraction of sp³-hybridized carbons (Fsp3) is 0.500. The molecule has 100 valence electrons. The van der Waals surface area contributed by atoms with Crippen molar-refractivity contribution in [2.24, 2.45) is 5.73 Å². The Morgan fingerprint density at radius 1 is 1.44 bits per heavy atom. The summed E-state index contributed by atoms with van der Waals surface area (Å²) in [6, 6.07) is 5.73. The maximum absolute atomic E-state index is 11.0. The summed E-state index contributed by atoms with van der Waals surface area (Å²) in [5.74, 6) is 0.794. The Bertz CT molecular complexity index is 404. The van der Waals surface area contributed by atoms with Crippen LogP contribution in [0.5, 0.6) is 5.75 Å². The predicted octanol–water partition coefficient (Wildman–Crippen LogP) is 3.33. The number of carbonyl (C=O) groups excluding carboxylic acids is 1. The van der Waals surface area contributed by atoms with Crippen molar-refractivity contribution in [3.05, 3.63) is 29.3 Å². The second kappa shape index (κ2) is 6.89. The normalized spacial score (nSPS) is 11.9. The summed E-state index contributed by atoms with van der Waals surface area (Å²) in [7, 11) is 1.63. The van der Waals surface area contributed by atoms with Gasteiger partial charge in [0.2, 0.25) is 0 Å². The van der Waals surface area contributed by atoms with Crippen LogP contribution in [0.4, 0.5) is 4.79 Å². The van der Waals surface area contributed by atoms with Gasteiger partial charge in [-0.05, 0) is 37.0 Å². The maximum atomic E-state index is 11.0. The van der Waals surface area contributed by atoms with Crippen molar-refractivity contribution in [2.75, 3.05) is 7.11 Å². The van der Waals surface area contributed by atoms with E-state index < -0.39 is 6.09 Å². The Morgan fingerprint density at radius 3 is 2.72 bits per heavy atom. The lowest BCUT2D eigenvalue weighted by Gasteiger charge is -2.20. The summed E-state index contributed by atoms with van der Waals surface area (Å²) in [4.78, 5) is 11.0. The first kappa shape index (κ1) is 14.4. The molecule has 0 saturated heterocycles. The van der Waals surface area contributed by atoms with Gasteiger partial charge >= 0.3 is 6.09 Å². The molecule has 0 fully saturated rings. The Balaban J connectivity index is 2.99.